The summed E-state index contributed by atoms with van der Waals surface area (Å²) in [6, 6.07) is 58.2. The molecule has 0 N–H and O–H groups in total. The van der Waals surface area contributed by atoms with E-state index < -0.39 is 0 Å². The van der Waals surface area contributed by atoms with Gasteiger partial charge in [-0.25, -0.2) is 0 Å². The Kier molecular flexibility index (Phi) is 5.32. The SMILES string of the molecule is N#Cc1cccc2c3ccc4c(c5ccccc5n4-c4ccccc4)c3n(-c3ccc4c5ccccc5n(-c5ccccc5)c4c3)c12. The molecule has 47 heavy (non-hydrogen) atoms. The maximum absolute atomic E-state index is 10.5. The van der Waals surface area contributed by atoms with Crippen molar-refractivity contribution in [3.63, 3.8) is 0 Å². The van der Waals surface area contributed by atoms with Gasteiger partial charge in [0.05, 0.1) is 38.7 Å². The number of hydrogen-bond acceptors (Lipinski definition) is 1. The summed E-state index contributed by atoms with van der Waals surface area (Å²) in [4.78, 5) is 0. The highest BCUT2D eigenvalue weighted by molar-refractivity contribution is 6.26. The number of hydrogen-bond donors (Lipinski definition) is 0. The standard InChI is InChI=1S/C43H26N4/c44-27-28-12-11-19-34-35-24-25-39-41(36-18-8-10-21-38(36)45(39)29-13-3-1-4-14-29)43(35)47(42(28)34)31-22-23-33-32-17-7-9-20-37(32)46(40(33)26-31)30-15-5-2-6-16-30/h1-26H. The van der Waals surface area contributed by atoms with Crippen molar-refractivity contribution in [3.8, 4) is 23.1 Å². The number of nitriles is 1. The summed E-state index contributed by atoms with van der Waals surface area (Å²) in [6.07, 6.45) is 0. The fraction of sp³-hybridized carbons (Fsp3) is 0. The van der Waals surface area contributed by atoms with Crippen molar-refractivity contribution in [2.45, 2.75) is 0 Å². The minimum Gasteiger partial charge on any atom is -0.309 e. The minimum atomic E-state index is 0.655. The molecule has 0 aliphatic carbocycles. The lowest BCUT2D eigenvalue weighted by atomic mass is 10.1. The monoisotopic (exact) mass is 598 g/mol. The summed E-state index contributed by atoms with van der Waals surface area (Å²) in [7, 11) is 0. The zero-order chi connectivity index (χ0) is 31.1. The van der Waals surface area contributed by atoms with Crippen molar-refractivity contribution in [2.75, 3.05) is 0 Å². The molecule has 10 aromatic rings. The highest BCUT2D eigenvalue weighted by Crippen LogP contribution is 2.43. The van der Waals surface area contributed by atoms with Gasteiger partial charge in [-0.1, -0.05) is 97.1 Å². The van der Waals surface area contributed by atoms with E-state index >= 15 is 0 Å². The van der Waals surface area contributed by atoms with Crippen molar-refractivity contribution in [1.29, 1.82) is 5.26 Å². The summed E-state index contributed by atoms with van der Waals surface area (Å²) in [5, 5.41) is 17.4. The predicted octanol–water partition coefficient (Wildman–Crippen LogP) is 10.8. The molecule has 0 aliphatic heterocycles. The first kappa shape index (κ1) is 25.7. The first-order valence-electron chi connectivity index (χ1n) is 15.9. The van der Waals surface area contributed by atoms with Gasteiger partial charge in [-0.05, 0) is 60.7 Å². The van der Waals surface area contributed by atoms with Gasteiger partial charge in [-0.2, -0.15) is 5.26 Å². The molecule has 7 aromatic carbocycles. The largest absolute Gasteiger partial charge is 0.309 e. The Morgan fingerprint density at radius 1 is 0.362 bits per heavy atom. The Morgan fingerprint density at radius 3 is 1.64 bits per heavy atom. The van der Waals surface area contributed by atoms with Gasteiger partial charge in [-0.3, -0.25) is 0 Å². The molecule has 4 nitrogen and oxygen atoms in total. The van der Waals surface area contributed by atoms with Gasteiger partial charge >= 0.3 is 0 Å². The molecule has 0 fully saturated rings. The molecule has 10 rings (SSSR count). The normalized spacial score (nSPS) is 11.8. The fourth-order valence-corrected chi connectivity index (χ4v) is 7.76. The zero-order valence-electron chi connectivity index (χ0n) is 25.3. The second-order valence-corrected chi connectivity index (χ2v) is 12.1. The van der Waals surface area contributed by atoms with E-state index in [-0.39, 0.29) is 0 Å². The van der Waals surface area contributed by atoms with E-state index in [1.807, 2.05) is 12.1 Å². The molecule has 0 bridgehead atoms. The molecule has 0 amide bonds. The van der Waals surface area contributed by atoms with E-state index in [1.54, 1.807) is 0 Å². The molecule has 218 valence electrons. The third kappa shape index (κ3) is 3.51. The number of benzene rings is 7. The van der Waals surface area contributed by atoms with Gasteiger partial charge in [0.1, 0.15) is 6.07 Å². The molecule has 3 heterocycles. The lowest BCUT2D eigenvalue weighted by Gasteiger charge is -2.12. The second-order valence-electron chi connectivity index (χ2n) is 12.1. The second kappa shape index (κ2) is 9.71. The van der Waals surface area contributed by atoms with Crippen LogP contribution >= 0.6 is 0 Å². The molecule has 0 spiro atoms. The van der Waals surface area contributed by atoms with Crippen molar-refractivity contribution < 1.29 is 0 Å². The number of rotatable bonds is 3. The van der Waals surface area contributed by atoms with E-state index in [2.05, 4.69) is 165 Å². The van der Waals surface area contributed by atoms with Gasteiger partial charge in [-0.15, -0.1) is 0 Å². The highest BCUT2D eigenvalue weighted by atomic mass is 15.0. The zero-order valence-corrected chi connectivity index (χ0v) is 25.3. The van der Waals surface area contributed by atoms with Crippen LogP contribution in [0.2, 0.25) is 0 Å². The van der Waals surface area contributed by atoms with E-state index in [0.29, 0.717) is 5.56 Å². The Hall–Kier alpha value is -6.57. The molecule has 0 saturated carbocycles. The van der Waals surface area contributed by atoms with Gasteiger partial charge in [0.25, 0.3) is 0 Å². The Morgan fingerprint density at radius 2 is 0.915 bits per heavy atom. The maximum Gasteiger partial charge on any atom is 0.101 e. The maximum atomic E-state index is 10.5. The molecule has 0 aliphatic rings. The summed E-state index contributed by atoms with van der Waals surface area (Å²) in [5.41, 5.74) is 10.5. The average molecular weight is 599 g/mol. The highest BCUT2D eigenvalue weighted by Gasteiger charge is 2.23. The van der Waals surface area contributed by atoms with Crippen LogP contribution in [0.25, 0.3) is 82.5 Å². The van der Waals surface area contributed by atoms with E-state index in [1.165, 1.54) is 27.1 Å². The van der Waals surface area contributed by atoms with Gasteiger partial charge in [0.15, 0.2) is 0 Å². The van der Waals surface area contributed by atoms with Crippen LogP contribution in [0.3, 0.4) is 0 Å². The average Bonchev–Trinajstić information content (AvgIpc) is 3.77. The molecule has 3 aromatic heterocycles. The molecular weight excluding hydrogens is 573 g/mol. The Balaban J connectivity index is 1.41. The molecule has 0 radical (unpaired) electrons. The van der Waals surface area contributed by atoms with Crippen LogP contribution < -0.4 is 0 Å². The smallest absolute Gasteiger partial charge is 0.101 e. The molecule has 0 atom stereocenters. The third-order valence-electron chi connectivity index (χ3n) is 9.65. The van der Waals surface area contributed by atoms with E-state index in [4.69, 9.17) is 0 Å². The number of fused-ring (bicyclic) bond motifs is 10. The van der Waals surface area contributed by atoms with Crippen LogP contribution in [0.15, 0.2) is 158 Å². The topological polar surface area (TPSA) is 38.6 Å². The van der Waals surface area contributed by atoms with Crippen LogP contribution in [-0.4, -0.2) is 13.7 Å². The fourth-order valence-electron chi connectivity index (χ4n) is 7.76. The van der Waals surface area contributed by atoms with E-state index in [0.717, 1.165) is 55.4 Å². The lowest BCUT2D eigenvalue weighted by molar-refractivity contribution is 1.15. The number of nitrogens with zero attached hydrogens (tertiary/aromatic N) is 4. The van der Waals surface area contributed by atoms with Crippen LogP contribution in [0.1, 0.15) is 5.56 Å². The van der Waals surface area contributed by atoms with Crippen molar-refractivity contribution >= 4 is 65.4 Å². The number of para-hydroxylation sites is 5. The molecule has 0 saturated heterocycles. The Labute approximate surface area is 270 Å². The molecule has 0 unspecified atom stereocenters. The molecule has 4 heteroatoms. The van der Waals surface area contributed by atoms with Gasteiger partial charge in [0.2, 0.25) is 0 Å². The number of aromatic nitrogens is 3. The first-order valence-corrected chi connectivity index (χ1v) is 15.9. The van der Waals surface area contributed by atoms with Crippen molar-refractivity contribution in [2.24, 2.45) is 0 Å². The van der Waals surface area contributed by atoms with Gasteiger partial charge in [0, 0.05) is 49.4 Å². The van der Waals surface area contributed by atoms with Crippen LogP contribution in [0.4, 0.5) is 0 Å². The molecular formula is C43H26N4. The first-order chi connectivity index (χ1) is 23.3. The lowest BCUT2D eigenvalue weighted by Crippen LogP contribution is -1.98. The van der Waals surface area contributed by atoms with Crippen LogP contribution in [0.5, 0.6) is 0 Å². The predicted molar refractivity (Wildman–Crippen MR) is 194 cm³/mol. The van der Waals surface area contributed by atoms with Crippen molar-refractivity contribution in [1.82, 2.24) is 13.7 Å². The summed E-state index contributed by atoms with van der Waals surface area (Å²) in [6.45, 7) is 0. The quantitative estimate of drug-likeness (QED) is 0.199. The summed E-state index contributed by atoms with van der Waals surface area (Å²) >= 11 is 0. The van der Waals surface area contributed by atoms with Gasteiger partial charge < -0.3 is 13.7 Å². The van der Waals surface area contributed by atoms with Crippen LogP contribution in [0, 0.1) is 11.3 Å². The van der Waals surface area contributed by atoms with E-state index in [9.17, 15) is 5.26 Å². The van der Waals surface area contributed by atoms with Crippen LogP contribution in [-0.2, 0) is 0 Å². The Bertz CT molecular complexity index is 2900. The van der Waals surface area contributed by atoms with Crippen molar-refractivity contribution in [3.05, 3.63) is 163 Å². The minimum absolute atomic E-state index is 0.655. The summed E-state index contributed by atoms with van der Waals surface area (Å²) in [5.74, 6) is 0. The third-order valence-corrected chi connectivity index (χ3v) is 9.65. The summed E-state index contributed by atoms with van der Waals surface area (Å²) < 4.78 is 7.04.